The lowest BCUT2D eigenvalue weighted by Crippen LogP contribution is -2.02. The van der Waals surface area contributed by atoms with Gasteiger partial charge in [-0.2, -0.15) is 13.2 Å². The number of nitrogens with zero attached hydrogens (tertiary/aromatic N) is 3. The monoisotopic (exact) mass is 279 g/mol. The third-order valence-corrected chi connectivity index (χ3v) is 3.43. The molecule has 90 valence electrons. The summed E-state index contributed by atoms with van der Waals surface area (Å²) in [4.78, 5) is 11.3. The van der Waals surface area contributed by atoms with E-state index in [2.05, 4.69) is 15.0 Å². The van der Waals surface area contributed by atoms with Crippen LogP contribution >= 0.6 is 22.9 Å². The smallest absolute Gasteiger partial charge is 0.240 e. The van der Waals surface area contributed by atoms with E-state index in [9.17, 15) is 13.2 Å². The number of halogens is 4. The molecule has 0 radical (unpaired) electrons. The maximum atomic E-state index is 12.4. The first kappa shape index (κ1) is 12.3. The number of rotatable bonds is 1. The number of hydrogen-bond acceptors (Lipinski definition) is 4. The van der Waals surface area contributed by atoms with Crippen LogP contribution in [0.15, 0.2) is 12.5 Å². The van der Waals surface area contributed by atoms with Crippen LogP contribution in [-0.4, -0.2) is 15.0 Å². The van der Waals surface area contributed by atoms with Gasteiger partial charge >= 0.3 is 6.18 Å². The van der Waals surface area contributed by atoms with Crippen molar-refractivity contribution < 1.29 is 13.2 Å². The molecular weight excluding hydrogens is 275 g/mol. The van der Waals surface area contributed by atoms with E-state index in [-0.39, 0.29) is 5.15 Å². The predicted octanol–water partition coefficient (Wildman–Crippen LogP) is 3.58. The van der Waals surface area contributed by atoms with Gasteiger partial charge in [0.1, 0.15) is 11.5 Å². The van der Waals surface area contributed by atoms with Gasteiger partial charge in [-0.1, -0.05) is 11.6 Å². The summed E-state index contributed by atoms with van der Waals surface area (Å²) in [6.45, 7) is 1.64. The van der Waals surface area contributed by atoms with E-state index in [1.54, 1.807) is 6.92 Å². The second-order valence-electron chi connectivity index (χ2n) is 3.17. The van der Waals surface area contributed by atoms with Crippen molar-refractivity contribution in [1.82, 2.24) is 15.0 Å². The van der Waals surface area contributed by atoms with E-state index >= 15 is 0 Å². The Morgan fingerprint density at radius 2 is 1.94 bits per heavy atom. The van der Waals surface area contributed by atoms with Gasteiger partial charge in [0.15, 0.2) is 5.01 Å². The fourth-order valence-electron chi connectivity index (χ4n) is 1.19. The Morgan fingerprint density at radius 1 is 1.24 bits per heavy atom. The Kier molecular flexibility index (Phi) is 3.05. The minimum absolute atomic E-state index is 0.219. The minimum Gasteiger partial charge on any atom is -0.240 e. The summed E-state index contributed by atoms with van der Waals surface area (Å²) in [5.41, 5.74) is 0.907. The molecule has 8 heteroatoms. The predicted molar refractivity (Wildman–Crippen MR) is 57.9 cm³/mol. The van der Waals surface area contributed by atoms with Crippen LogP contribution in [0.3, 0.4) is 0 Å². The molecule has 2 heterocycles. The topological polar surface area (TPSA) is 38.7 Å². The zero-order chi connectivity index (χ0) is 12.6. The molecule has 0 fully saturated rings. The first-order chi connectivity index (χ1) is 7.89. The molecule has 3 nitrogen and oxygen atoms in total. The maximum absolute atomic E-state index is 12.4. The fraction of sp³-hybridized carbons (Fsp3) is 0.222. The summed E-state index contributed by atoms with van der Waals surface area (Å²) in [6, 6.07) is 0. The molecule has 2 rings (SSSR count). The molecule has 2 aromatic rings. The standard InChI is InChI=1S/C9H5ClF3N3S/c1-4-6(15-3-16-7(4)10)5-2-14-8(17-5)9(11,12)13/h2-3H,1H3. The lowest BCUT2D eigenvalue weighted by molar-refractivity contribution is -0.137. The molecule has 0 saturated carbocycles. The molecule has 2 aromatic heterocycles. The Hall–Kier alpha value is -1.21. The Morgan fingerprint density at radius 3 is 2.53 bits per heavy atom. The molecule has 0 saturated heterocycles. The summed E-state index contributed by atoms with van der Waals surface area (Å²) in [5.74, 6) is 0. The van der Waals surface area contributed by atoms with Crippen molar-refractivity contribution in [3.05, 3.63) is 28.2 Å². The maximum Gasteiger partial charge on any atom is 0.443 e. The highest BCUT2D eigenvalue weighted by Gasteiger charge is 2.34. The van der Waals surface area contributed by atoms with E-state index < -0.39 is 11.2 Å². The summed E-state index contributed by atoms with van der Waals surface area (Å²) in [6.07, 6.45) is -2.09. The first-order valence-electron chi connectivity index (χ1n) is 4.40. The average molecular weight is 280 g/mol. The summed E-state index contributed by atoms with van der Waals surface area (Å²) in [7, 11) is 0. The molecule has 17 heavy (non-hydrogen) atoms. The normalized spacial score (nSPS) is 11.8. The zero-order valence-electron chi connectivity index (χ0n) is 8.42. The van der Waals surface area contributed by atoms with Crippen LogP contribution in [0.2, 0.25) is 5.15 Å². The molecule has 0 aliphatic heterocycles. The van der Waals surface area contributed by atoms with Crippen LogP contribution in [0.25, 0.3) is 10.6 Å². The van der Waals surface area contributed by atoms with Gasteiger partial charge in [-0.25, -0.2) is 15.0 Å². The van der Waals surface area contributed by atoms with Crippen molar-refractivity contribution in [1.29, 1.82) is 0 Å². The number of aromatic nitrogens is 3. The van der Waals surface area contributed by atoms with E-state index in [0.29, 0.717) is 27.5 Å². The van der Waals surface area contributed by atoms with Crippen molar-refractivity contribution >= 4 is 22.9 Å². The van der Waals surface area contributed by atoms with Gasteiger partial charge in [0.05, 0.1) is 10.6 Å². The quantitative estimate of drug-likeness (QED) is 0.749. The molecular formula is C9H5ClF3N3S. The third-order valence-electron chi connectivity index (χ3n) is 2.00. The number of thiazole rings is 1. The van der Waals surface area contributed by atoms with Gasteiger partial charge in [-0.15, -0.1) is 11.3 Å². The van der Waals surface area contributed by atoms with Gasteiger partial charge in [-0.3, -0.25) is 0 Å². The second-order valence-corrected chi connectivity index (χ2v) is 4.55. The van der Waals surface area contributed by atoms with Crippen molar-refractivity contribution in [2.24, 2.45) is 0 Å². The molecule has 0 atom stereocenters. The van der Waals surface area contributed by atoms with Crippen LogP contribution in [0.5, 0.6) is 0 Å². The van der Waals surface area contributed by atoms with Crippen molar-refractivity contribution in [2.75, 3.05) is 0 Å². The largest absolute Gasteiger partial charge is 0.443 e. The zero-order valence-corrected chi connectivity index (χ0v) is 9.99. The molecule has 0 aliphatic carbocycles. The van der Waals surface area contributed by atoms with Gasteiger partial charge in [0, 0.05) is 11.8 Å². The highest BCUT2D eigenvalue weighted by atomic mass is 35.5. The summed E-state index contributed by atoms with van der Waals surface area (Å²) >= 11 is 6.30. The van der Waals surface area contributed by atoms with E-state index in [4.69, 9.17) is 11.6 Å². The molecule has 0 amide bonds. The van der Waals surface area contributed by atoms with E-state index in [1.165, 1.54) is 6.33 Å². The summed E-state index contributed by atoms with van der Waals surface area (Å²) in [5, 5.41) is -0.682. The van der Waals surface area contributed by atoms with Crippen molar-refractivity contribution in [2.45, 2.75) is 13.1 Å². The highest BCUT2D eigenvalue weighted by Crippen LogP contribution is 2.36. The Labute approximate surface area is 103 Å². The van der Waals surface area contributed by atoms with Gasteiger partial charge in [0.25, 0.3) is 0 Å². The van der Waals surface area contributed by atoms with Crippen LogP contribution in [0, 0.1) is 6.92 Å². The average Bonchev–Trinajstić information content (AvgIpc) is 2.70. The SMILES string of the molecule is Cc1c(Cl)ncnc1-c1cnc(C(F)(F)F)s1. The van der Waals surface area contributed by atoms with Gasteiger partial charge in [-0.05, 0) is 6.92 Å². The van der Waals surface area contributed by atoms with Gasteiger partial charge < -0.3 is 0 Å². The minimum atomic E-state index is -4.44. The van der Waals surface area contributed by atoms with Crippen molar-refractivity contribution in [3.63, 3.8) is 0 Å². The first-order valence-corrected chi connectivity index (χ1v) is 5.59. The molecule has 0 unspecified atom stereocenters. The molecule has 0 aliphatic rings. The van der Waals surface area contributed by atoms with Crippen LogP contribution < -0.4 is 0 Å². The summed E-state index contributed by atoms with van der Waals surface area (Å²) < 4.78 is 37.2. The number of alkyl halides is 3. The fourth-order valence-corrected chi connectivity index (χ4v) is 2.16. The van der Waals surface area contributed by atoms with Crippen LogP contribution in [0.4, 0.5) is 13.2 Å². The van der Waals surface area contributed by atoms with Crippen LogP contribution in [-0.2, 0) is 6.18 Å². The van der Waals surface area contributed by atoms with Crippen molar-refractivity contribution in [3.8, 4) is 10.6 Å². The molecule has 0 bridgehead atoms. The highest BCUT2D eigenvalue weighted by molar-refractivity contribution is 7.15. The lowest BCUT2D eigenvalue weighted by Gasteiger charge is -2.02. The third kappa shape index (κ3) is 2.39. The molecule has 0 aromatic carbocycles. The molecule has 0 N–H and O–H groups in total. The van der Waals surface area contributed by atoms with Crippen LogP contribution in [0.1, 0.15) is 10.6 Å². The van der Waals surface area contributed by atoms with E-state index in [1.807, 2.05) is 0 Å². The van der Waals surface area contributed by atoms with E-state index in [0.717, 1.165) is 6.20 Å². The van der Waals surface area contributed by atoms with Gasteiger partial charge in [0.2, 0.25) is 0 Å². The molecule has 0 spiro atoms. The Balaban J connectivity index is 2.48. The Bertz CT molecular complexity index is 553. The lowest BCUT2D eigenvalue weighted by atomic mass is 10.2. The number of hydrogen-bond donors (Lipinski definition) is 0. The second kappa shape index (κ2) is 4.23.